The van der Waals surface area contributed by atoms with Gasteiger partial charge in [-0.1, -0.05) is 18.2 Å². The van der Waals surface area contributed by atoms with E-state index in [1.54, 1.807) is 30.2 Å². The fourth-order valence-electron chi connectivity index (χ4n) is 2.32. The van der Waals surface area contributed by atoms with Gasteiger partial charge in [-0.25, -0.2) is 4.39 Å². The number of rotatable bonds is 5. The van der Waals surface area contributed by atoms with Crippen LogP contribution in [0.15, 0.2) is 42.5 Å². The van der Waals surface area contributed by atoms with Crippen molar-refractivity contribution in [1.29, 1.82) is 0 Å². The molecule has 0 N–H and O–H groups in total. The van der Waals surface area contributed by atoms with Crippen molar-refractivity contribution in [3.8, 4) is 5.75 Å². The molecule has 0 heterocycles. The van der Waals surface area contributed by atoms with Gasteiger partial charge >= 0.3 is 0 Å². The van der Waals surface area contributed by atoms with Crippen molar-refractivity contribution >= 4 is 5.91 Å². The van der Waals surface area contributed by atoms with E-state index in [9.17, 15) is 9.18 Å². The van der Waals surface area contributed by atoms with E-state index in [0.717, 1.165) is 11.1 Å². The lowest BCUT2D eigenvalue weighted by molar-refractivity contribution is 0.0752. The molecular formula is C18H20FNO2. The van der Waals surface area contributed by atoms with Crippen LogP contribution in [0.4, 0.5) is 4.39 Å². The molecule has 0 aliphatic rings. The monoisotopic (exact) mass is 301 g/mol. The molecule has 2 aromatic carbocycles. The van der Waals surface area contributed by atoms with Gasteiger partial charge in [-0.15, -0.1) is 0 Å². The topological polar surface area (TPSA) is 29.5 Å². The van der Waals surface area contributed by atoms with Crippen molar-refractivity contribution < 1.29 is 13.9 Å². The van der Waals surface area contributed by atoms with Gasteiger partial charge in [-0.2, -0.15) is 0 Å². The Labute approximate surface area is 130 Å². The Morgan fingerprint density at radius 3 is 2.64 bits per heavy atom. The van der Waals surface area contributed by atoms with Crippen LogP contribution >= 0.6 is 0 Å². The van der Waals surface area contributed by atoms with Crippen LogP contribution in [0.5, 0.6) is 5.75 Å². The minimum absolute atomic E-state index is 0.0925. The van der Waals surface area contributed by atoms with Crippen LogP contribution in [-0.4, -0.2) is 24.5 Å². The van der Waals surface area contributed by atoms with E-state index in [4.69, 9.17) is 4.74 Å². The number of benzene rings is 2. The Bertz CT molecular complexity index is 670. The van der Waals surface area contributed by atoms with Gasteiger partial charge in [0.25, 0.3) is 5.91 Å². The molecule has 0 aliphatic carbocycles. The van der Waals surface area contributed by atoms with E-state index in [2.05, 4.69) is 0 Å². The third kappa shape index (κ3) is 3.64. The summed E-state index contributed by atoms with van der Waals surface area (Å²) in [6.45, 7) is 4.76. The molecule has 0 atom stereocenters. The fourth-order valence-corrected chi connectivity index (χ4v) is 2.32. The maximum Gasteiger partial charge on any atom is 0.254 e. The highest BCUT2D eigenvalue weighted by Gasteiger charge is 2.16. The third-order valence-corrected chi connectivity index (χ3v) is 3.59. The van der Waals surface area contributed by atoms with Crippen molar-refractivity contribution in [1.82, 2.24) is 4.90 Å². The molecule has 1 amide bonds. The molecule has 22 heavy (non-hydrogen) atoms. The van der Waals surface area contributed by atoms with E-state index < -0.39 is 0 Å². The van der Waals surface area contributed by atoms with Crippen LogP contribution in [0, 0.1) is 12.7 Å². The van der Waals surface area contributed by atoms with Gasteiger partial charge in [0, 0.05) is 18.7 Å². The number of hydrogen-bond acceptors (Lipinski definition) is 2. The number of amides is 1. The van der Waals surface area contributed by atoms with Crippen LogP contribution < -0.4 is 4.74 Å². The van der Waals surface area contributed by atoms with Gasteiger partial charge < -0.3 is 9.64 Å². The second-order valence-corrected chi connectivity index (χ2v) is 5.13. The summed E-state index contributed by atoms with van der Waals surface area (Å²) in [5.41, 5.74) is 2.32. The minimum atomic E-state index is -0.294. The van der Waals surface area contributed by atoms with Crippen molar-refractivity contribution in [2.45, 2.75) is 20.4 Å². The maximum atomic E-state index is 13.3. The molecule has 0 saturated heterocycles. The molecule has 0 unspecified atom stereocenters. The highest BCUT2D eigenvalue weighted by atomic mass is 19.1. The summed E-state index contributed by atoms with van der Waals surface area (Å²) in [5, 5.41) is 0. The average molecular weight is 301 g/mol. The second kappa shape index (κ2) is 7.07. The summed E-state index contributed by atoms with van der Waals surface area (Å²) >= 11 is 0. The zero-order valence-electron chi connectivity index (χ0n) is 13.1. The first-order valence-corrected chi connectivity index (χ1v) is 7.23. The quantitative estimate of drug-likeness (QED) is 0.840. The predicted molar refractivity (Wildman–Crippen MR) is 84.5 cm³/mol. The lowest BCUT2D eigenvalue weighted by atomic mass is 10.1. The molecule has 0 saturated carbocycles. The molecule has 0 aliphatic heterocycles. The Hall–Kier alpha value is -2.36. The number of hydrogen-bond donors (Lipinski definition) is 0. The number of halogens is 1. The van der Waals surface area contributed by atoms with E-state index in [0.29, 0.717) is 24.4 Å². The first-order chi connectivity index (χ1) is 10.5. The molecule has 116 valence electrons. The van der Waals surface area contributed by atoms with Crippen LogP contribution in [0.25, 0.3) is 0 Å². The lowest BCUT2D eigenvalue weighted by Gasteiger charge is -2.21. The first kappa shape index (κ1) is 16.0. The van der Waals surface area contributed by atoms with Crippen molar-refractivity contribution in [2.24, 2.45) is 0 Å². The summed E-state index contributed by atoms with van der Waals surface area (Å²) in [6.07, 6.45) is 0. The summed E-state index contributed by atoms with van der Waals surface area (Å²) in [7, 11) is 1.58. The minimum Gasteiger partial charge on any atom is -0.496 e. The zero-order chi connectivity index (χ0) is 16.1. The second-order valence-electron chi connectivity index (χ2n) is 5.13. The number of methoxy groups -OCH3 is 1. The summed E-state index contributed by atoms with van der Waals surface area (Å²) < 4.78 is 18.5. The predicted octanol–water partition coefficient (Wildman–Crippen LogP) is 3.81. The number of carbonyl (C=O) groups excluding carboxylic acids is 1. The molecular weight excluding hydrogens is 281 g/mol. The number of aryl methyl sites for hydroxylation is 1. The Kier molecular flexibility index (Phi) is 5.15. The number of carbonyl (C=O) groups is 1. The van der Waals surface area contributed by atoms with E-state index in [-0.39, 0.29) is 11.7 Å². The highest BCUT2D eigenvalue weighted by molar-refractivity contribution is 5.94. The third-order valence-electron chi connectivity index (χ3n) is 3.59. The Morgan fingerprint density at radius 1 is 1.23 bits per heavy atom. The van der Waals surface area contributed by atoms with Gasteiger partial charge in [0.1, 0.15) is 11.6 Å². The zero-order valence-corrected chi connectivity index (χ0v) is 13.1. The normalized spacial score (nSPS) is 10.4. The van der Waals surface area contributed by atoms with E-state index >= 15 is 0 Å². The van der Waals surface area contributed by atoms with E-state index in [1.165, 1.54) is 12.1 Å². The number of ether oxygens (including phenoxy) is 1. The Morgan fingerprint density at radius 2 is 2.00 bits per heavy atom. The Balaban J connectivity index is 2.21. The molecule has 4 heteroatoms. The molecule has 0 fully saturated rings. The molecule has 0 aromatic heterocycles. The molecule has 2 rings (SSSR count). The van der Waals surface area contributed by atoms with Gasteiger partial charge in [-0.05, 0) is 49.2 Å². The van der Waals surface area contributed by atoms with Gasteiger partial charge in [-0.3, -0.25) is 4.79 Å². The number of nitrogens with zero attached hydrogens (tertiary/aromatic N) is 1. The molecule has 0 bridgehead atoms. The largest absolute Gasteiger partial charge is 0.496 e. The van der Waals surface area contributed by atoms with Crippen LogP contribution in [0.3, 0.4) is 0 Å². The van der Waals surface area contributed by atoms with Crippen LogP contribution in [-0.2, 0) is 6.54 Å². The molecule has 0 spiro atoms. The summed E-state index contributed by atoms with van der Waals surface area (Å²) in [6, 6.07) is 11.7. The van der Waals surface area contributed by atoms with Crippen LogP contribution in [0.2, 0.25) is 0 Å². The van der Waals surface area contributed by atoms with Gasteiger partial charge in [0.05, 0.1) is 7.11 Å². The van der Waals surface area contributed by atoms with Gasteiger partial charge in [0.15, 0.2) is 0 Å². The molecule has 0 radical (unpaired) electrons. The van der Waals surface area contributed by atoms with Crippen molar-refractivity contribution in [2.75, 3.05) is 13.7 Å². The lowest BCUT2D eigenvalue weighted by Crippen LogP contribution is -2.30. The van der Waals surface area contributed by atoms with Crippen molar-refractivity contribution in [3.63, 3.8) is 0 Å². The van der Waals surface area contributed by atoms with Crippen LogP contribution in [0.1, 0.15) is 28.4 Å². The maximum absolute atomic E-state index is 13.3. The molecule has 2 aromatic rings. The van der Waals surface area contributed by atoms with E-state index in [1.807, 2.05) is 26.0 Å². The van der Waals surface area contributed by atoms with Crippen molar-refractivity contribution in [3.05, 3.63) is 65.0 Å². The highest BCUT2D eigenvalue weighted by Crippen LogP contribution is 2.20. The smallest absolute Gasteiger partial charge is 0.254 e. The standard InChI is InChI=1S/C18H20FNO2/c1-4-20(12-14-6-5-7-16(19)10-14)18(21)15-9-8-13(2)17(11-15)22-3/h5-11H,4,12H2,1-3H3. The van der Waals surface area contributed by atoms with Gasteiger partial charge in [0.2, 0.25) is 0 Å². The summed E-state index contributed by atoms with van der Waals surface area (Å²) in [5.74, 6) is 0.302. The summed E-state index contributed by atoms with van der Waals surface area (Å²) in [4.78, 5) is 14.3. The first-order valence-electron chi connectivity index (χ1n) is 7.23. The molecule has 3 nitrogen and oxygen atoms in total. The fraction of sp³-hybridized carbons (Fsp3) is 0.278. The SMILES string of the molecule is CCN(Cc1cccc(F)c1)C(=O)c1ccc(C)c(OC)c1. The average Bonchev–Trinajstić information content (AvgIpc) is 2.52.